The lowest BCUT2D eigenvalue weighted by molar-refractivity contribution is 0.596. The van der Waals surface area contributed by atoms with Crippen LogP contribution in [0.25, 0.3) is 11.4 Å². The molecule has 0 radical (unpaired) electrons. The van der Waals surface area contributed by atoms with E-state index in [0.717, 1.165) is 23.2 Å². The fourth-order valence-corrected chi connectivity index (χ4v) is 4.03. The van der Waals surface area contributed by atoms with E-state index < -0.39 is 10.0 Å². The SMILES string of the molecule is NS(=O)(=O)c1ccccc1C1CC1c1ccnc(-c2ccccc2)n1. The van der Waals surface area contributed by atoms with Gasteiger partial charge < -0.3 is 0 Å². The lowest BCUT2D eigenvalue weighted by Gasteiger charge is -2.07. The number of rotatable bonds is 4. The average Bonchev–Trinajstić information content (AvgIpc) is 3.43. The summed E-state index contributed by atoms with van der Waals surface area (Å²) in [5, 5.41) is 5.35. The fourth-order valence-electron chi connectivity index (χ4n) is 3.22. The summed E-state index contributed by atoms with van der Waals surface area (Å²) in [7, 11) is -3.73. The van der Waals surface area contributed by atoms with Crippen molar-refractivity contribution in [2.45, 2.75) is 23.2 Å². The molecule has 3 aromatic rings. The summed E-state index contributed by atoms with van der Waals surface area (Å²) < 4.78 is 23.6. The smallest absolute Gasteiger partial charge is 0.237 e. The third-order valence-electron chi connectivity index (χ3n) is 4.50. The molecule has 0 amide bonds. The predicted molar refractivity (Wildman–Crippen MR) is 95.4 cm³/mol. The second-order valence-electron chi connectivity index (χ2n) is 6.20. The topological polar surface area (TPSA) is 85.9 Å². The number of nitrogens with zero attached hydrogens (tertiary/aromatic N) is 2. The highest BCUT2D eigenvalue weighted by Crippen LogP contribution is 2.55. The molecular formula is C19H17N3O2S. The molecule has 1 aromatic heterocycles. The summed E-state index contributed by atoms with van der Waals surface area (Å²) >= 11 is 0. The molecule has 0 saturated heterocycles. The van der Waals surface area contributed by atoms with Crippen LogP contribution < -0.4 is 5.14 Å². The summed E-state index contributed by atoms with van der Waals surface area (Å²) in [4.78, 5) is 9.24. The van der Waals surface area contributed by atoms with Gasteiger partial charge in [0.05, 0.1) is 4.90 Å². The van der Waals surface area contributed by atoms with Crippen LogP contribution in [0, 0.1) is 0 Å². The molecule has 25 heavy (non-hydrogen) atoms. The lowest BCUT2D eigenvalue weighted by Crippen LogP contribution is -2.14. The molecule has 0 aliphatic heterocycles. The number of benzene rings is 2. The molecule has 0 spiro atoms. The van der Waals surface area contributed by atoms with Gasteiger partial charge >= 0.3 is 0 Å². The first-order chi connectivity index (χ1) is 12.0. The van der Waals surface area contributed by atoms with Crippen molar-refractivity contribution in [1.82, 2.24) is 9.97 Å². The van der Waals surface area contributed by atoms with E-state index in [1.165, 1.54) is 0 Å². The molecule has 2 atom stereocenters. The first-order valence-electron chi connectivity index (χ1n) is 8.04. The van der Waals surface area contributed by atoms with E-state index in [1.807, 2.05) is 48.5 Å². The van der Waals surface area contributed by atoms with Crippen LogP contribution in [-0.4, -0.2) is 18.4 Å². The Hall–Kier alpha value is -2.57. The molecule has 1 heterocycles. The van der Waals surface area contributed by atoms with Crippen LogP contribution in [0.2, 0.25) is 0 Å². The van der Waals surface area contributed by atoms with Crippen LogP contribution in [0.5, 0.6) is 0 Å². The van der Waals surface area contributed by atoms with Crippen molar-refractivity contribution in [2.24, 2.45) is 5.14 Å². The van der Waals surface area contributed by atoms with Gasteiger partial charge in [-0.05, 0) is 30.0 Å². The molecular weight excluding hydrogens is 334 g/mol. The Morgan fingerprint density at radius 3 is 2.40 bits per heavy atom. The summed E-state index contributed by atoms with van der Waals surface area (Å²) in [6.07, 6.45) is 2.61. The molecule has 5 nitrogen and oxygen atoms in total. The van der Waals surface area contributed by atoms with Gasteiger partial charge in [-0.2, -0.15) is 0 Å². The van der Waals surface area contributed by atoms with E-state index in [1.54, 1.807) is 18.3 Å². The van der Waals surface area contributed by atoms with Gasteiger partial charge in [0.15, 0.2) is 5.82 Å². The molecule has 4 rings (SSSR count). The maximum Gasteiger partial charge on any atom is 0.238 e. The van der Waals surface area contributed by atoms with Crippen molar-refractivity contribution >= 4 is 10.0 Å². The number of nitrogens with two attached hydrogens (primary N) is 1. The molecule has 1 aliphatic carbocycles. The van der Waals surface area contributed by atoms with Gasteiger partial charge in [-0.25, -0.2) is 23.5 Å². The molecule has 1 saturated carbocycles. The van der Waals surface area contributed by atoms with Gasteiger partial charge in [0.2, 0.25) is 10.0 Å². The molecule has 2 aromatic carbocycles. The number of hydrogen-bond acceptors (Lipinski definition) is 4. The Balaban J connectivity index is 1.65. The Labute approximate surface area is 146 Å². The largest absolute Gasteiger partial charge is 0.238 e. The summed E-state index contributed by atoms with van der Waals surface area (Å²) in [6, 6.07) is 18.6. The Morgan fingerprint density at radius 1 is 0.920 bits per heavy atom. The first-order valence-corrected chi connectivity index (χ1v) is 9.59. The zero-order valence-electron chi connectivity index (χ0n) is 13.4. The second kappa shape index (κ2) is 6.06. The van der Waals surface area contributed by atoms with E-state index in [2.05, 4.69) is 9.97 Å². The molecule has 2 N–H and O–H groups in total. The Morgan fingerprint density at radius 2 is 1.64 bits per heavy atom. The van der Waals surface area contributed by atoms with Crippen molar-refractivity contribution in [2.75, 3.05) is 0 Å². The van der Waals surface area contributed by atoms with Crippen molar-refractivity contribution in [3.8, 4) is 11.4 Å². The fraction of sp³-hybridized carbons (Fsp3) is 0.158. The van der Waals surface area contributed by atoms with Crippen molar-refractivity contribution in [3.05, 3.63) is 78.1 Å². The van der Waals surface area contributed by atoms with E-state index in [0.29, 0.717) is 5.82 Å². The maximum atomic E-state index is 11.8. The lowest BCUT2D eigenvalue weighted by atomic mass is 10.1. The second-order valence-corrected chi connectivity index (χ2v) is 7.73. The zero-order valence-corrected chi connectivity index (χ0v) is 14.2. The van der Waals surface area contributed by atoms with Crippen molar-refractivity contribution in [3.63, 3.8) is 0 Å². The third-order valence-corrected chi connectivity index (χ3v) is 5.49. The standard InChI is InChI=1S/C19H17N3O2S/c20-25(23,24)18-9-5-4-8-14(18)15-12-16(15)17-10-11-21-19(22-17)13-6-2-1-3-7-13/h1-11,15-16H,12H2,(H2,20,23,24). The van der Waals surface area contributed by atoms with Gasteiger partial charge in [0.1, 0.15) is 0 Å². The zero-order chi connectivity index (χ0) is 17.4. The number of primary sulfonamides is 1. The van der Waals surface area contributed by atoms with Crippen molar-refractivity contribution in [1.29, 1.82) is 0 Å². The third kappa shape index (κ3) is 3.18. The minimum absolute atomic E-state index is 0.119. The van der Waals surface area contributed by atoms with Gasteiger partial charge in [0.25, 0.3) is 0 Å². The summed E-state index contributed by atoms with van der Waals surface area (Å²) in [5.41, 5.74) is 2.67. The minimum atomic E-state index is -3.73. The van der Waals surface area contributed by atoms with Crippen LogP contribution in [0.1, 0.15) is 29.5 Å². The molecule has 0 bridgehead atoms. The Kier molecular flexibility index (Phi) is 3.86. The predicted octanol–water partition coefficient (Wildman–Crippen LogP) is 3.06. The van der Waals surface area contributed by atoms with Crippen LogP contribution in [0.4, 0.5) is 0 Å². The summed E-state index contributed by atoms with van der Waals surface area (Å²) in [6.45, 7) is 0. The minimum Gasteiger partial charge on any atom is -0.237 e. The molecule has 2 unspecified atom stereocenters. The summed E-state index contributed by atoms with van der Waals surface area (Å²) in [5.74, 6) is 0.991. The highest BCUT2D eigenvalue weighted by atomic mass is 32.2. The average molecular weight is 351 g/mol. The van der Waals surface area contributed by atoms with Gasteiger partial charge in [-0.15, -0.1) is 0 Å². The van der Waals surface area contributed by atoms with Crippen LogP contribution in [-0.2, 0) is 10.0 Å². The molecule has 1 fully saturated rings. The van der Waals surface area contributed by atoms with Crippen LogP contribution in [0.15, 0.2) is 71.8 Å². The van der Waals surface area contributed by atoms with Gasteiger partial charge in [-0.3, -0.25) is 0 Å². The van der Waals surface area contributed by atoms with E-state index in [4.69, 9.17) is 5.14 Å². The van der Waals surface area contributed by atoms with Gasteiger partial charge in [-0.1, -0.05) is 48.5 Å². The number of aromatic nitrogens is 2. The number of hydrogen-bond donors (Lipinski definition) is 1. The van der Waals surface area contributed by atoms with Gasteiger partial charge in [0, 0.05) is 23.4 Å². The van der Waals surface area contributed by atoms with Crippen LogP contribution in [0.3, 0.4) is 0 Å². The monoisotopic (exact) mass is 351 g/mol. The van der Waals surface area contributed by atoms with E-state index in [9.17, 15) is 8.42 Å². The van der Waals surface area contributed by atoms with Crippen LogP contribution >= 0.6 is 0 Å². The first kappa shape index (κ1) is 15.9. The highest BCUT2D eigenvalue weighted by Gasteiger charge is 2.42. The quantitative estimate of drug-likeness (QED) is 0.783. The van der Waals surface area contributed by atoms with E-state index in [-0.39, 0.29) is 16.7 Å². The maximum absolute atomic E-state index is 11.8. The number of sulfonamides is 1. The van der Waals surface area contributed by atoms with Crippen molar-refractivity contribution < 1.29 is 8.42 Å². The Bertz CT molecular complexity index is 1020. The highest BCUT2D eigenvalue weighted by molar-refractivity contribution is 7.89. The normalized spacial score (nSPS) is 19.6. The molecule has 126 valence electrons. The van der Waals surface area contributed by atoms with E-state index >= 15 is 0 Å². The molecule has 1 aliphatic rings. The molecule has 6 heteroatoms.